The molecule has 0 aliphatic rings. The lowest BCUT2D eigenvalue weighted by Gasteiger charge is -2.21. The number of para-hydroxylation sites is 1. The first-order chi connectivity index (χ1) is 8.11. The number of hydrogen-bond acceptors (Lipinski definition) is 5. The van der Waals surface area contributed by atoms with Crippen molar-refractivity contribution in [3.63, 3.8) is 0 Å². The molecule has 6 heteroatoms. The Labute approximate surface area is 98.1 Å². The van der Waals surface area contributed by atoms with Gasteiger partial charge in [-0.15, -0.1) is 0 Å². The lowest BCUT2D eigenvalue weighted by Crippen LogP contribution is -2.27. The van der Waals surface area contributed by atoms with E-state index in [1.165, 1.54) is 23.1 Å². The lowest BCUT2D eigenvalue weighted by atomic mass is 10.1. The first kappa shape index (κ1) is 12.3. The summed E-state index contributed by atoms with van der Waals surface area (Å²) in [5.41, 5.74) is 6.12. The topological polar surface area (TPSA) is 114 Å². The van der Waals surface area contributed by atoms with Gasteiger partial charge in [-0.3, -0.25) is 0 Å². The van der Waals surface area contributed by atoms with Gasteiger partial charge in [0.05, 0.1) is 29.1 Å². The van der Waals surface area contributed by atoms with Gasteiger partial charge in [0, 0.05) is 0 Å². The molecular weight excluding hydrogens is 220 g/mol. The van der Waals surface area contributed by atoms with Crippen molar-refractivity contribution in [3.05, 3.63) is 23.8 Å². The Morgan fingerprint density at radius 2 is 1.94 bits per heavy atom. The summed E-state index contributed by atoms with van der Waals surface area (Å²) in [5.74, 6) is -1.15. The maximum Gasteiger partial charge on any atom is 0.337 e. The Balaban J connectivity index is 3.31. The molecule has 0 saturated heterocycles. The molecule has 1 aromatic rings. The highest BCUT2D eigenvalue weighted by atomic mass is 16.4. The number of anilines is 2. The number of nitrogens with two attached hydrogens (primary N) is 1. The fourth-order valence-corrected chi connectivity index (χ4v) is 1.47. The number of aromatic carboxylic acids is 1. The SMILES string of the molecule is N#CCN(CC#N)c1c(N)cccc1C(=O)O. The predicted molar refractivity (Wildman–Crippen MR) is 61.3 cm³/mol. The van der Waals surface area contributed by atoms with Gasteiger partial charge in [0.1, 0.15) is 13.1 Å². The Bertz CT molecular complexity index is 497. The van der Waals surface area contributed by atoms with E-state index in [4.69, 9.17) is 21.4 Å². The molecule has 1 aromatic carbocycles. The predicted octanol–water partition coefficient (Wildman–Crippen LogP) is 0.821. The van der Waals surface area contributed by atoms with E-state index >= 15 is 0 Å². The molecule has 0 radical (unpaired) electrons. The van der Waals surface area contributed by atoms with Crippen LogP contribution in [0.4, 0.5) is 11.4 Å². The smallest absolute Gasteiger partial charge is 0.337 e. The van der Waals surface area contributed by atoms with Gasteiger partial charge in [0.2, 0.25) is 0 Å². The van der Waals surface area contributed by atoms with Crippen LogP contribution in [-0.2, 0) is 0 Å². The molecule has 0 bridgehead atoms. The zero-order chi connectivity index (χ0) is 12.8. The second-order valence-corrected chi connectivity index (χ2v) is 3.22. The van der Waals surface area contributed by atoms with Gasteiger partial charge >= 0.3 is 5.97 Å². The molecule has 0 unspecified atom stereocenters. The molecule has 0 aliphatic heterocycles. The summed E-state index contributed by atoms with van der Waals surface area (Å²) < 4.78 is 0. The number of carboxylic acid groups (broad SMARTS) is 1. The van der Waals surface area contributed by atoms with E-state index in [1.807, 2.05) is 12.1 Å². The third-order valence-corrected chi connectivity index (χ3v) is 2.14. The zero-order valence-electron chi connectivity index (χ0n) is 8.92. The number of rotatable bonds is 4. The average Bonchev–Trinajstić information content (AvgIpc) is 2.28. The van der Waals surface area contributed by atoms with E-state index in [-0.39, 0.29) is 30.0 Å². The first-order valence-corrected chi connectivity index (χ1v) is 4.72. The zero-order valence-corrected chi connectivity index (χ0v) is 8.92. The van der Waals surface area contributed by atoms with Crippen LogP contribution in [0.3, 0.4) is 0 Å². The number of carboxylic acids is 1. The van der Waals surface area contributed by atoms with Gasteiger partial charge in [-0.05, 0) is 12.1 Å². The molecule has 0 saturated carbocycles. The molecule has 3 N–H and O–H groups in total. The summed E-state index contributed by atoms with van der Waals surface area (Å²) in [7, 11) is 0. The number of nitriles is 2. The van der Waals surface area contributed by atoms with Crippen molar-refractivity contribution in [3.8, 4) is 12.1 Å². The molecule has 86 valence electrons. The summed E-state index contributed by atoms with van der Waals surface area (Å²) >= 11 is 0. The van der Waals surface area contributed by atoms with Crippen molar-refractivity contribution in [1.82, 2.24) is 0 Å². The summed E-state index contributed by atoms with van der Waals surface area (Å²) in [5, 5.41) is 26.3. The maximum atomic E-state index is 11.0. The van der Waals surface area contributed by atoms with Crippen LogP contribution in [0.15, 0.2) is 18.2 Å². The summed E-state index contributed by atoms with van der Waals surface area (Å²) in [6.45, 7) is -0.190. The average molecular weight is 230 g/mol. The number of nitrogen functional groups attached to an aromatic ring is 1. The molecule has 0 amide bonds. The van der Waals surface area contributed by atoms with E-state index in [0.717, 1.165) is 0 Å². The van der Waals surface area contributed by atoms with Crippen LogP contribution >= 0.6 is 0 Å². The molecule has 17 heavy (non-hydrogen) atoms. The van der Waals surface area contributed by atoms with E-state index in [2.05, 4.69) is 0 Å². The van der Waals surface area contributed by atoms with Gasteiger partial charge in [-0.1, -0.05) is 6.07 Å². The third-order valence-electron chi connectivity index (χ3n) is 2.14. The van der Waals surface area contributed by atoms with E-state index < -0.39 is 5.97 Å². The Morgan fingerprint density at radius 3 is 2.41 bits per heavy atom. The molecular formula is C11H10N4O2. The highest BCUT2D eigenvalue weighted by molar-refractivity contribution is 5.98. The fourth-order valence-electron chi connectivity index (χ4n) is 1.47. The van der Waals surface area contributed by atoms with Crippen LogP contribution in [0.1, 0.15) is 10.4 Å². The molecule has 0 fully saturated rings. The standard InChI is InChI=1S/C11H10N4O2/c12-4-6-15(7-5-13)10-8(11(16)17)2-1-3-9(10)14/h1-3H,6-7,14H2,(H,16,17). The van der Waals surface area contributed by atoms with Crippen molar-refractivity contribution < 1.29 is 9.90 Å². The first-order valence-electron chi connectivity index (χ1n) is 4.72. The van der Waals surface area contributed by atoms with Crippen molar-refractivity contribution in [1.29, 1.82) is 10.5 Å². The molecule has 1 rings (SSSR count). The van der Waals surface area contributed by atoms with Crippen molar-refractivity contribution >= 4 is 17.3 Å². The Kier molecular flexibility index (Phi) is 3.91. The van der Waals surface area contributed by atoms with Crippen LogP contribution in [0.2, 0.25) is 0 Å². The molecule has 0 heterocycles. The quantitative estimate of drug-likeness (QED) is 0.584. The number of nitrogens with zero attached hydrogens (tertiary/aromatic N) is 3. The normalized spacial score (nSPS) is 9.06. The number of carbonyl (C=O) groups is 1. The number of hydrogen-bond donors (Lipinski definition) is 2. The second-order valence-electron chi connectivity index (χ2n) is 3.22. The summed E-state index contributed by atoms with van der Waals surface area (Å²) in [4.78, 5) is 12.4. The maximum absolute atomic E-state index is 11.0. The fraction of sp³-hybridized carbons (Fsp3) is 0.182. The van der Waals surface area contributed by atoms with Gasteiger partial charge in [0.15, 0.2) is 0 Å². The van der Waals surface area contributed by atoms with E-state index in [0.29, 0.717) is 0 Å². The van der Waals surface area contributed by atoms with Crippen molar-refractivity contribution in [2.45, 2.75) is 0 Å². The third kappa shape index (κ3) is 2.64. The van der Waals surface area contributed by atoms with E-state index in [9.17, 15) is 4.79 Å². The minimum absolute atomic E-state index is 0.0181. The molecule has 0 aromatic heterocycles. The summed E-state index contributed by atoms with van der Waals surface area (Å²) in [6, 6.07) is 8.17. The van der Waals surface area contributed by atoms with Gasteiger partial charge in [0.25, 0.3) is 0 Å². The number of benzene rings is 1. The van der Waals surface area contributed by atoms with Crippen LogP contribution in [-0.4, -0.2) is 24.2 Å². The van der Waals surface area contributed by atoms with Crippen LogP contribution in [0.25, 0.3) is 0 Å². The van der Waals surface area contributed by atoms with Gasteiger partial charge < -0.3 is 15.7 Å². The highest BCUT2D eigenvalue weighted by Crippen LogP contribution is 2.27. The highest BCUT2D eigenvalue weighted by Gasteiger charge is 2.18. The minimum atomic E-state index is -1.15. The van der Waals surface area contributed by atoms with E-state index in [1.54, 1.807) is 0 Å². The van der Waals surface area contributed by atoms with Gasteiger partial charge in [-0.25, -0.2) is 4.79 Å². The molecule has 0 aliphatic carbocycles. The molecule has 6 nitrogen and oxygen atoms in total. The monoisotopic (exact) mass is 230 g/mol. The molecule has 0 spiro atoms. The van der Waals surface area contributed by atoms with Crippen molar-refractivity contribution in [2.75, 3.05) is 23.7 Å². The van der Waals surface area contributed by atoms with Crippen LogP contribution in [0.5, 0.6) is 0 Å². The largest absolute Gasteiger partial charge is 0.478 e. The van der Waals surface area contributed by atoms with Crippen molar-refractivity contribution in [2.24, 2.45) is 0 Å². The Morgan fingerprint density at radius 1 is 1.35 bits per heavy atom. The minimum Gasteiger partial charge on any atom is -0.478 e. The lowest BCUT2D eigenvalue weighted by molar-refractivity contribution is 0.0697. The second kappa shape index (κ2) is 5.38. The van der Waals surface area contributed by atoms with Crippen LogP contribution < -0.4 is 10.6 Å². The Hall–Kier alpha value is -2.73. The molecule has 0 atom stereocenters. The van der Waals surface area contributed by atoms with Crippen LogP contribution in [0, 0.1) is 22.7 Å². The van der Waals surface area contributed by atoms with Gasteiger partial charge in [-0.2, -0.15) is 10.5 Å². The summed E-state index contributed by atoms with van der Waals surface area (Å²) in [6.07, 6.45) is 0.